The molecule has 2 nitrogen and oxygen atoms in total. The molecule has 90 valence electrons. The standard InChI is InChI=1S/C12H12ClFN2S/c13-8-4-11-10(5-9(8)14)15-12(17)16(11)6-7-2-1-3-7/h4-5,7H,1-3,6H2,(H,15,17). The van der Waals surface area contributed by atoms with E-state index in [2.05, 4.69) is 4.98 Å². The summed E-state index contributed by atoms with van der Waals surface area (Å²) >= 11 is 11.1. The maximum absolute atomic E-state index is 13.3. The SMILES string of the molecule is Fc1cc2[nH]c(=S)n(CC3CCC3)c2cc1Cl. The zero-order chi connectivity index (χ0) is 12.0. The highest BCUT2D eigenvalue weighted by atomic mass is 35.5. The number of nitrogens with one attached hydrogen (secondary N) is 1. The van der Waals surface area contributed by atoms with Gasteiger partial charge in [-0.25, -0.2) is 4.39 Å². The van der Waals surface area contributed by atoms with Crippen LogP contribution >= 0.6 is 23.8 Å². The Morgan fingerprint density at radius 1 is 1.47 bits per heavy atom. The average Bonchev–Trinajstić information content (AvgIpc) is 2.49. The second-order valence-corrected chi connectivity index (χ2v) is 5.42. The van der Waals surface area contributed by atoms with Crippen LogP contribution in [-0.2, 0) is 6.54 Å². The molecule has 1 aromatic carbocycles. The van der Waals surface area contributed by atoms with Crippen LogP contribution in [-0.4, -0.2) is 9.55 Å². The van der Waals surface area contributed by atoms with E-state index in [0.717, 1.165) is 17.6 Å². The first kappa shape index (κ1) is 11.2. The maximum Gasteiger partial charge on any atom is 0.178 e. The van der Waals surface area contributed by atoms with Gasteiger partial charge in [0.15, 0.2) is 4.77 Å². The Balaban J connectivity index is 2.12. The van der Waals surface area contributed by atoms with Gasteiger partial charge in [0, 0.05) is 12.6 Å². The predicted molar refractivity (Wildman–Crippen MR) is 69.4 cm³/mol. The predicted octanol–water partition coefficient (Wildman–Crippen LogP) is 4.29. The molecular weight excluding hydrogens is 259 g/mol. The Hall–Kier alpha value is -0.870. The molecule has 1 heterocycles. The Kier molecular flexibility index (Phi) is 2.71. The first-order valence-corrected chi connectivity index (χ1v) is 6.51. The van der Waals surface area contributed by atoms with E-state index in [1.54, 1.807) is 6.07 Å². The number of halogens is 2. The van der Waals surface area contributed by atoms with Crippen LogP contribution in [0.2, 0.25) is 5.02 Å². The third-order valence-corrected chi connectivity index (χ3v) is 4.09. The van der Waals surface area contributed by atoms with Crippen LogP contribution < -0.4 is 0 Å². The van der Waals surface area contributed by atoms with Crippen LogP contribution in [0.4, 0.5) is 4.39 Å². The molecule has 0 spiro atoms. The Labute approximate surface area is 108 Å². The van der Waals surface area contributed by atoms with Crippen LogP contribution in [0.5, 0.6) is 0 Å². The number of hydrogen-bond acceptors (Lipinski definition) is 1. The number of aromatic amines is 1. The second kappa shape index (κ2) is 4.10. The van der Waals surface area contributed by atoms with Crippen molar-refractivity contribution in [2.75, 3.05) is 0 Å². The van der Waals surface area contributed by atoms with E-state index in [9.17, 15) is 4.39 Å². The lowest BCUT2D eigenvalue weighted by Crippen LogP contribution is -2.18. The molecule has 1 saturated carbocycles. The molecule has 1 N–H and O–H groups in total. The van der Waals surface area contributed by atoms with Crippen LogP contribution in [0.1, 0.15) is 19.3 Å². The van der Waals surface area contributed by atoms with Gasteiger partial charge < -0.3 is 9.55 Å². The lowest BCUT2D eigenvalue weighted by Gasteiger charge is -2.25. The lowest BCUT2D eigenvalue weighted by atomic mass is 9.85. The van der Waals surface area contributed by atoms with Gasteiger partial charge in [0.1, 0.15) is 5.82 Å². The van der Waals surface area contributed by atoms with Gasteiger partial charge >= 0.3 is 0 Å². The molecule has 1 fully saturated rings. The highest BCUT2D eigenvalue weighted by Gasteiger charge is 2.19. The molecule has 0 atom stereocenters. The molecule has 5 heteroatoms. The van der Waals surface area contributed by atoms with E-state index in [-0.39, 0.29) is 5.02 Å². The summed E-state index contributed by atoms with van der Waals surface area (Å²) in [7, 11) is 0. The Bertz CT molecular complexity index is 627. The number of benzene rings is 1. The third-order valence-electron chi connectivity index (χ3n) is 3.48. The summed E-state index contributed by atoms with van der Waals surface area (Å²) in [6.07, 6.45) is 3.81. The zero-order valence-electron chi connectivity index (χ0n) is 9.17. The minimum Gasteiger partial charge on any atom is -0.330 e. The molecule has 0 saturated heterocycles. The van der Waals surface area contributed by atoms with Crippen LogP contribution in [0, 0.1) is 16.5 Å². The number of nitrogens with zero attached hydrogens (tertiary/aromatic N) is 1. The largest absolute Gasteiger partial charge is 0.330 e. The summed E-state index contributed by atoms with van der Waals surface area (Å²) in [5.41, 5.74) is 1.62. The van der Waals surface area contributed by atoms with Crippen molar-refractivity contribution in [1.82, 2.24) is 9.55 Å². The maximum atomic E-state index is 13.3. The summed E-state index contributed by atoms with van der Waals surface area (Å²) in [6, 6.07) is 3.06. The monoisotopic (exact) mass is 270 g/mol. The highest BCUT2D eigenvalue weighted by molar-refractivity contribution is 7.71. The topological polar surface area (TPSA) is 20.7 Å². The molecule has 2 aromatic rings. The molecular formula is C12H12ClFN2S. The lowest BCUT2D eigenvalue weighted by molar-refractivity contribution is 0.278. The molecule has 17 heavy (non-hydrogen) atoms. The minimum atomic E-state index is -0.411. The first-order chi connectivity index (χ1) is 8.15. The van der Waals surface area contributed by atoms with E-state index in [1.165, 1.54) is 25.3 Å². The summed E-state index contributed by atoms with van der Waals surface area (Å²) in [5.74, 6) is 0.288. The molecule has 0 amide bonds. The smallest absolute Gasteiger partial charge is 0.178 e. The van der Waals surface area contributed by atoms with Crippen molar-refractivity contribution < 1.29 is 4.39 Å². The summed E-state index contributed by atoms with van der Waals surface area (Å²) in [6.45, 7) is 0.904. The summed E-state index contributed by atoms with van der Waals surface area (Å²) in [5, 5.41) is 0.147. The van der Waals surface area contributed by atoms with Crippen molar-refractivity contribution in [2.24, 2.45) is 5.92 Å². The molecule has 1 aliphatic carbocycles. The number of fused-ring (bicyclic) bond motifs is 1. The van der Waals surface area contributed by atoms with Gasteiger partial charge in [0.05, 0.1) is 16.1 Å². The first-order valence-electron chi connectivity index (χ1n) is 5.72. The van der Waals surface area contributed by atoms with E-state index < -0.39 is 5.82 Å². The number of imidazole rings is 1. The van der Waals surface area contributed by atoms with Crippen LogP contribution in [0.25, 0.3) is 11.0 Å². The van der Waals surface area contributed by atoms with Crippen molar-refractivity contribution >= 4 is 34.9 Å². The number of rotatable bonds is 2. The number of aromatic nitrogens is 2. The molecule has 1 aliphatic rings. The van der Waals surface area contributed by atoms with Gasteiger partial charge in [-0.05, 0) is 37.0 Å². The van der Waals surface area contributed by atoms with Crippen LogP contribution in [0.3, 0.4) is 0 Å². The molecule has 3 rings (SSSR count). The van der Waals surface area contributed by atoms with E-state index in [0.29, 0.717) is 10.7 Å². The van der Waals surface area contributed by atoms with Gasteiger partial charge in [-0.3, -0.25) is 0 Å². The summed E-state index contributed by atoms with van der Waals surface area (Å²) < 4.78 is 16.0. The number of H-pyrrole nitrogens is 1. The molecule has 0 bridgehead atoms. The zero-order valence-corrected chi connectivity index (χ0v) is 10.7. The Morgan fingerprint density at radius 3 is 2.88 bits per heavy atom. The molecule has 0 radical (unpaired) electrons. The minimum absolute atomic E-state index is 0.147. The van der Waals surface area contributed by atoms with Gasteiger partial charge in [-0.1, -0.05) is 18.0 Å². The van der Waals surface area contributed by atoms with Gasteiger partial charge in [-0.2, -0.15) is 0 Å². The van der Waals surface area contributed by atoms with Crippen molar-refractivity contribution in [3.63, 3.8) is 0 Å². The van der Waals surface area contributed by atoms with E-state index in [4.69, 9.17) is 23.8 Å². The second-order valence-electron chi connectivity index (χ2n) is 4.62. The van der Waals surface area contributed by atoms with E-state index in [1.807, 2.05) is 4.57 Å². The summed E-state index contributed by atoms with van der Waals surface area (Å²) in [4.78, 5) is 3.03. The van der Waals surface area contributed by atoms with Crippen molar-refractivity contribution in [3.05, 3.63) is 27.7 Å². The van der Waals surface area contributed by atoms with Crippen molar-refractivity contribution in [2.45, 2.75) is 25.8 Å². The molecule has 0 aliphatic heterocycles. The molecule has 1 aromatic heterocycles. The van der Waals surface area contributed by atoms with E-state index >= 15 is 0 Å². The van der Waals surface area contributed by atoms with Crippen molar-refractivity contribution in [3.8, 4) is 0 Å². The highest BCUT2D eigenvalue weighted by Crippen LogP contribution is 2.30. The third kappa shape index (κ3) is 1.89. The fourth-order valence-corrected chi connectivity index (χ4v) is 2.71. The van der Waals surface area contributed by atoms with Crippen LogP contribution in [0.15, 0.2) is 12.1 Å². The van der Waals surface area contributed by atoms with Gasteiger partial charge in [0.2, 0.25) is 0 Å². The molecule has 0 unspecified atom stereocenters. The van der Waals surface area contributed by atoms with Gasteiger partial charge in [-0.15, -0.1) is 0 Å². The normalized spacial score (nSPS) is 16.4. The number of hydrogen-bond donors (Lipinski definition) is 1. The van der Waals surface area contributed by atoms with Gasteiger partial charge in [0.25, 0.3) is 0 Å². The van der Waals surface area contributed by atoms with Crippen molar-refractivity contribution in [1.29, 1.82) is 0 Å². The average molecular weight is 271 g/mol. The fraction of sp³-hybridized carbons (Fsp3) is 0.417. The quantitative estimate of drug-likeness (QED) is 0.808. The fourth-order valence-electron chi connectivity index (χ4n) is 2.27. The Morgan fingerprint density at radius 2 is 2.24 bits per heavy atom.